The van der Waals surface area contributed by atoms with Crippen molar-refractivity contribution in [3.8, 4) is 0 Å². The maximum Gasteiger partial charge on any atom is 0.265 e. The molecule has 15 heteroatoms. The number of nitrogens with one attached hydrogen (secondary N) is 2. The Kier molecular flexibility index (Phi) is 11.5. The number of aromatic nitrogens is 4. The summed E-state index contributed by atoms with van der Waals surface area (Å²) in [6, 6.07) is 4.21. The van der Waals surface area contributed by atoms with E-state index in [2.05, 4.69) is 30.2 Å². The van der Waals surface area contributed by atoms with Crippen LogP contribution in [0.5, 0.6) is 0 Å². The molecule has 0 spiro atoms. The van der Waals surface area contributed by atoms with Gasteiger partial charge in [-0.25, -0.2) is 9.07 Å². The number of amides is 4. The number of piperazine rings is 1. The molecule has 0 radical (unpaired) electrons. The van der Waals surface area contributed by atoms with Gasteiger partial charge in [0.2, 0.25) is 18.2 Å². The Balaban J connectivity index is 1.38. The summed E-state index contributed by atoms with van der Waals surface area (Å²) < 4.78 is 21.3. The molecule has 3 atom stereocenters. The molecule has 13 nitrogen and oxygen atoms in total. The van der Waals surface area contributed by atoms with E-state index >= 15 is 4.39 Å². The molecule has 2 fully saturated rings. The summed E-state index contributed by atoms with van der Waals surface area (Å²) >= 11 is 0.920. The Hall–Kier alpha value is -4.24. The second kappa shape index (κ2) is 15.8. The van der Waals surface area contributed by atoms with Crippen molar-refractivity contribution in [1.82, 2.24) is 34.5 Å². The molecule has 2 N–H and O–H groups in total. The van der Waals surface area contributed by atoms with Crippen LogP contribution in [0, 0.1) is 11.7 Å². The number of hydrogen-bond donors (Lipinski definition) is 2. The van der Waals surface area contributed by atoms with Gasteiger partial charge in [0, 0.05) is 44.2 Å². The third-order valence-corrected chi connectivity index (χ3v) is 10.1. The zero-order valence-corrected chi connectivity index (χ0v) is 28.7. The highest BCUT2D eigenvalue weighted by Gasteiger charge is 2.37. The Morgan fingerprint density at radius 2 is 1.79 bits per heavy atom. The maximum atomic E-state index is 15.8. The monoisotopic (exact) mass is 681 g/mol. The zero-order valence-electron chi connectivity index (χ0n) is 27.8. The van der Waals surface area contributed by atoms with Crippen molar-refractivity contribution >= 4 is 47.2 Å². The molecule has 258 valence electrons. The highest BCUT2D eigenvalue weighted by atomic mass is 32.1. The summed E-state index contributed by atoms with van der Waals surface area (Å²) in [6.45, 7) is 8.06. The van der Waals surface area contributed by atoms with Crippen LogP contribution < -0.4 is 15.5 Å². The van der Waals surface area contributed by atoms with E-state index in [0.29, 0.717) is 44.0 Å². The molecule has 4 amide bonds. The van der Waals surface area contributed by atoms with Gasteiger partial charge in [-0.05, 0) is 68.9 Å². The molecule has 1 saturated heterocycles. The van der Waals surface area contributed by atoms with Crippen molar-refractivity contribution in [2.45, 2.75) is 76.9 Å². The molecule has 48 heavy (non-hydrogen) atoms. The van der Waals surface area contributed by atoms with Gasteiger partial charge in [-0.2, -0.15) is 5.10 Å². The van der Waals surface area contributed by atoms with Crippen molar-refractivity contribution in [2.75, 3.05) is 43.4 Å². The Morgan fingerprint density at radius 1 is 1.06 bits per heavy atom. The molecular weight excluding hydrogens is 637 g/mol. The number of anilines is 2. The fourth-order valence-electron chi connectivity index (χ4n) is 6.61. The highest BCUT2D eigenvalue weighted by molar-refractivity contribution is 7.07. The van der Waals surface area contributed by atoms with Gasteiger partial charge in [0.15, 0.2) is 0 Å². The van der Waals surface area contributed by atoms with Gasteiger partial charge in [-0.3, -0.25) is 24.1 Å². The van der Waals surface area contributed by atoms with Gasteiger partial charge < -0.3 is 20.4 Å². The topological polar surface area (TPSA) is 146 Å². The molecule has 0 bridgehead atoms. The number of nitrogens with zero attached hydrogens (tertiary/aromatic N) is 7. The van der Waals surface area contributed by atoms with Crippen LogP contribution >= 0.6 is 11.5 Å². The zero-order chi connectivity index (χ0) is 34.4. The normalized spacial score (nSPS) is 17.8. The summed E-state index contributed by atoms with van der Waals surface area (Å²) in [4.78, 5) is 58.9. The van der Waals surface area contributed by atoms with Crippen LogP contribution in [0.2, 0.25) is 0 Å². The van der Waals surface area contributed by atoms with Crippen LogP contribution in [-0.4, -0.2) is 98.6 Å². The highest BCUT2D eigenvalue weighted by Crippen LogP contribution is 2.33. The van der Waals surface area contributed by atoms with Crippen molar-refractivity contribution in [3.63, 3.8) is 0 Å². The molecular formula is C33H44FN9O4S. The molecule has 1 aromatic carbocycles. The van der Waals surface area contributed by atoms with E-state index in [4.69, 9.17) is 0 Å². The van der Waals surface area contributed by atoms with E-state index in [-0.39, 0.29) is 28.4 Å². The molecule has 2 aromatic heterocycles. The molecule has 1 saturated carbocycles. The van der Waals surface area contributed by atoms with Gasteiger partial charge in [-0.1, -0.05) is 36.7 Å². The molecule has 0 unspecified atom stereocenters. The number of carbonyl (C=O) groups excluding carboxylic acids is 4. The van der Waals surface area contributed by atoms with Crippen LogP contribution in [0.4, 0.5) is 15.9 Å². The average molecular weight is 682 g/mol. The van der Waals surface area contributed by atoms with Gasteiger partial charge in [0.05, 0.1) is 18.1 Å². The second-order valence-corrected chi connectivity index (χ2v) is 13.7. The van der Waals surface area contributed by atoms with Crippen molar-refractivity contribution in [2.24, 2.45) is 5.92 Å². The number of benzene rings is 1. The molecule has 1 aliphatic heterocycles. The maximum absolute atomic E-state index is 15.8. The molecule has 3 heterocycles. The summed E-state index contributed by atoms with van der Waals surface area (Å²) in [7, 11) is 1.98. The van der Waals surface area contributed by atoms with Crippen LogP contribution in [0.3, 0.4) is 0 Å². The third-order valence-electron chi connectivity index (χ3n) is 9.41. The largest absolute Gasteiger partial charge is 0.339 e. The first-order valence-corrected chi connectivity index (χ1v) is 17.3. The molecule has 5 rings (SSSR count). The Bertz CT molecular complexity index is 1570. The minimum Gasteiger partial charge on any atom is -0.339 e. The smallest absolute Gasteiger partial charge is 0.265 e. The summed E-state index contributed by atoms with van der Waals surface area (Å²) in [5, 5.41) is 13.7. The Labute approximate surface area is 284 Å². The number of halogens is 1. The lowest BCUT2D eigenvalue weighted by molar-refractivity contribution is -0.135. The van der Waals surface area contributed by atoms with Gasteiger partial charge >= 0.3 is 0 Å². The standard InChI is InChI=1S/C33H44FN9O4S/c1-21(2)43-28(12-13-36-43)42(20-44)30(23-8-6-5-7-9-23)32(46)37-26-11-10-24(18-25(26)34)22(3)29(38-31(45)27-19-35-39-48-27)33(47)41-16-14-40(4)15-17-41/h10-13,18-23,29-30H,5-9,14-17H2,1-4H3,(H,37,46)(H,38,45)/t22-,29+,30-/m0/s1. The van der Waals surface area contributed by atoms with Crippen LogP contribution in [0.1, 0.15) is 80.1 Å². The lowest BCUT2D eigenvalue weighted by atomic mass is 9.82. The minimum atomic E-state index is -0.981. The van der Waals surface area contributed by atoms with Crippen LogP contribution in [0.15, 0.2) is 36.7 Å². The number of likely N-dealkylation sites (N-methyl/N-ethyl adjacent to an activating group) is 1. The molecule has 2 aliphatic rings. The lowest BCUT2D eigenvalue weighted by Crippen LogP contribution is -2.55. The first-order chi connectivity index (χ1) is 23.1. The van der Waals surface area contributed by atoms with Crippen molar-refractivity contribution < 1.29 is 23.6 Å². The average Bonchev–Trinajstić information content (AvgIpc) is 3.81. The van der Waals surface area contributed by atoms with E-state index in [9.17, 15) is 19.2 Å². The second-order valence-electron chi connectivity index (χ2n) is 13.0. The number of carbonyl (C=O) groups is 4. The third kappa shape index (κ3) is 7.89. The summed E-state index contributed by atoms with van der Waals surface area (Å²) in [5.74, 6) is -2.14. The number of rotatable bonds is 12. The van der Waals surface area contributed by atoms with E-state index in [0.717, 1.165) is 43.6 Å². The Morgan fingerprint density at radius 3 is 2.42 bits per heavy atom. The lowest BCUT2D eigenvalue weighted by Gasteiger charge is -2.36. The predicted molar refractivity (Wildman–Crippen MR) is 180 cm³/mol. The summed E-state index contributed by atoms with van der Waals surface area (Å²) in [5.41, 5.74) is 0.432. The predicted octanol–water partition coefficient (Wildman–Crippen LogP) is 3.68. The van der Waals surface area contributed by atoms with Gasteiger partial charge in [0.25, 0.3) is 5.91 Å². The van der Waals surface area contributed by atoms with Crippen LogP contribution in [-0.2, 0) is 14.4 Å². The van der Waals surface area contributed by atoms with E-state index < -0.39 is 35.6 Å². The van der Waals surface area contributed by atoms with Gasteiger partial charge in [-0.15, -0.1) is 5.10 Å². The quantitative estimate of drug-likeness (QED) is 0.276. The molecule has 3 aromatic rings. The van der Waals surface area contributed by atoms with Gasteiger partial charge in [0.1, 0.15) is 28.6 Å². The van der Waals surface area contributed by atoms with E-state index in [1.807, 2.05) is 20.9 Å². The summed E-state index contributed by atoms with van der Waals surface area (Å²) in [6.07, 6.45) is 8.06. The molecule has 1 aliphatic carbocycles. The SMILES string of the molecule is CC(C)n1nccc1N(C=O)[C@H](C(=O)Nc1ccc([C@H](C)[C@@H](NC(=O)c2cnns2)C(=O)N2CCN(C)CC2)cc1F)C1CCCCC1. The van der Waals surface area contributed by atoms with E-state index in [1.165, 1.54) is 23.2 Å². The fraction of sp³-hybridized carbons (Fsp3) is 0.545. The first-order valence-electron chi connectivity index (χ1n) is 16.5. The fourth-order valence-corrected chi connectivity index (χ4v) is 7.03. The van der Waals surface area contributed by atoms with Crippen LogP contribution in [0.25, 0.3) is 0 Å². The van der Waals surface area contributed by atoms with E-state index in [1.54, 1.807) is 34.8 Å². The number of hydrogen-bond acceptors (Lipinski definition) is 9. The van der Waals surface area contributed by atoms with Crippen molar-refractivity contribution in [1.29, 1.82) is 0 Å². The first kappa shape index (κ1) is 35.1. The van der Waals surface area contributed by atoms with Crippen molar-refractivity contribution in [3.05, 3.63) is 52.9 Å². The minimum absolute atomic E-state index is 0.0401.